The minimum absolute atomic E-state index is 0.317. The average Bonchev–Trinajstić information content (AvgIpc) is 2.97. The van der Waals surface area contributed by atoms with Gasteiger partial charge in [0, 0.05) is 6.61 Å². The van der Waals surface area contributed by atoms with Crippen molar-refractivity contribution in [1.29, 1.82) is 0 Å². The molecule has 13 heavy (non-hydrogen) atoms. The van der Waals surface area contributed by atoms with Gasteiger partial charge in [0.05, 0.1) is 19.4 Å². The van der Waals surface area contributed by atoms with Crippen LogP contribution in [-0.4, -0.2) is 31.1 Å². The van der Waals surface area contributed by atoms with Crippen molar-refractivity contribution in [1.82, 2.24) is 0 Å². The van der Waals surface area contributed by atoms with Crippen LogP contribution in [-0.2, 0) is 4.74 Å². The van der Waals surface area contributed by atoms with Gasteiger partial charge in [0.1, 0.15) is 5.76 Å². The Morgan fingerprint density at radius 3 is 3.00 bits per heavy atom. The summed E-state index contributed by atoms with van der Waals surface area (Å²) in [4.78, 5) is 4.41. The molecule has 1 fully saturated rings. The molecule has 0 saturated heterocycles. The summed E-state index contributed by atoms with van der Waals surface area (Å²) in [7, 11) is 1.66. The van der Waals surface area contributed by atoms with Crippen LogP contribution in [0.1, 0.15) is 12.8 Å². The van der Waals surface area contributed by atoms with Gasteiger partial charge in [0.2, 0.25) is 0 Å². The summed E-state index contributed by atoms with van der Waals surface area (Å²) in [6.45, 7) is 0.317. The van der Waals surface area contributed by atoms with E-state index in [2.05, 4.69) is 11.1 Å². The molecule has 72 valence electrons. The van der Waals surface area contributed by atoms with Crippen LogP contribution in [0.5, 0.6) is 0 Å². The number of aliphatic hydroxyl groups excluding tert-OH is 1. The summed E-state index contributed by atoms with van der Waals surface area (Å²) >= 11 is 0. The fourth-order valence-corrected chi connectivity index (χ4v) is 1.89. The van der Waals surface area contributed by atoms with Crippen LogP contribution in [0.2, 0.25) is 0 Å². The van der Waals surface area contributed by atoms with E-state index in [1.165, 1.54) is 0 Å². The van der Waals surface area contributed by atoms with Gasteiger partial charge >= 0.3 is 0 Å². The first kappa shape index (κ1) is 8.75. The first-order chi connectivity index (χ1) is 6.35. The third kappa shape index (κ3) is 1.75. The molecule has 0 spiro atoms. The molecule has 3 atom stereocenters. The molecule has 1 aliphatic heterocycles. The van der Waals surface area contributed by atoms with Gasteiger partial charge in [-0.1, -0.05) is 0 Å². The standard InChI is InChI=1S/C10H15NO2/c1-13-8-2-3-10(11-5-8)9-4-7(9)6-12/h2,5,7,9-10,12H,3-4,6H2,1H3/t7-,9?,10-/m0/s1. The highest BCUT2D eigenvalue weighted by Crippen LogP contribution is 2.43. The predicted octanol–water partition coefficient (Wildman–Crippen LogP) is 0.988. The molecule has 0 bridgehead atoms. The molecule has 1 heterocycles. The zero-order chi connectivity index (χ0) is 9.26. The SMILES string of the molecule is COC1=CC[C@@H](C2C[C@H]2CO)N=C1. The lowest BCUT2D eigenvalue weighted by Gasteiger charge is -2.14. The molecule has 1 aliphatic carbocycles. The Morgan fingerprint density at radius 2 is 2.54 bits per heavy atom. The normalized spacial score (nSPS) is 37.1. The average molecular weight is 181 g/mol. The van der Waals surface area contributed by atoms with Crippen molar-refractivity contribution in [2.75, 3.05) is 13.7 Å². The van der Waals surface area contributed by atoms with Crippen LogP contribution in [0, 0.1) is 11.8 Å². The summed E-state index contributed by atoms with van der Waals surface area (Å²) in [5.41, 5.74) is 0. The molecular formula is C10H15NO2. The molecule has 0 aromatic carbocycles. The van der Waals surface area contributed by atoms with Crippen LogP contribution in [0.4, 0.5) is 0 Å². The molecule has 1 N–H and O–H groups in total. The first-order valence-corrected chi connectivity index (χ1v) is 4.73. The number of allylic oxidation sites excluding steroid dienone is 1. The van der Waals surface area contributed by atoms with E-state index in [1.54, 1.807) is 13.3 Å². The second-order valence-corrected chi connectivity index (χ2v) is 3.73. The minimum atomic E-state index is 0.317. The van der Waals surface area contributed by atoms with Crippen molar-refractivity contribution < 1.29 is 9.84 Å². The number of hydrogen-bond donors (Lipinski definition) is 1. The number of hydrogen-bond acceptors (Lipinski definition) is 3. The second-order valence-electron chi connectivity index (χ2n) is 3.73. The molecule has 0 radical (unpaired) electrons. The van der Waals surface area contributed by atoms with E-state index >= 15 is 0 Å². The Bertz CT molecular complexity index is 247. The van der Waals surface area contributed by atoms with Crippen molar-refractivity contribution in [3.63, 3.8) is 0 Å². The molecule has 1 saturated carbocycles. The van der Waals surface area contributed by atoms with Crippen molar-refractivity contribution in [2.24, 2.45) is 16.8 Å². The zero-order valence-electron chi connectivity index (χ0n) is 7.81. The maximum atomic E-state index is 8.91. The predicted molar refractivity (Wildman–Crippen MR) is 50.7 cm³/mol. The van der Waals surface area contributed by atoms with Crippen molar-refractivity contribution >= 4 is 6.21 Å². The summed E-state index contributed by atoms with van der Waals surface area (Å²) in [6.07, 6.45) is 5.96. The highest BCUT2D eigenvalue weighted by Gasteiger charge is 2.42. The molecule has 0 aromatic heterocycles. The van der Waals surface area contributed by atoms with Crippen molar-refractivity contribution in [2.45, 2.75) is 18.9 Å². The number of ether oxygens (including phenoxy) is 1. The zero-order valence-corrected chi connectivity index (χ0v) is 7.81. The Kier molecular flexibility index (Phi) is 2.36. The number of rotatable bonds is 3. The topological polar surface area (TPSA) is 41.8 Å². The van der Waals surface area contributed by atoms with E-state index in [0.29, 0.717) is 24.5 Å². The number of nitrogens with zero attached hydrogens (tertiary/aromatic N) is 1. The molecule has 2 rings (SSSR count). The van der Waals surface area contributed by atoms with Crippen LogP contribution in [0.25, 0.3) is 0 Å². The largest absolute Gasteiger partial charge is 0.496 e. The number of aliphatic hydroxyl groups is 1. The van der Waals surface area contributed by atoms with Crippen LogP contribution >= 0.6 is 0 Å². The number of methoxy groups -OCH3 is 1. The second kappa shape index (κ2) is 3.50. The lowest BCUT2D eigenvalue weighted by Crippen LogP contribution is -2.13. The summed E-state index contributed by atoms with van der Waals surface area (Å²) in [5, 5.41) is 8.91. The van der Waals surface area contributed by atoms with Gasteiger partial charge in [-0.2, -0.15) is 0 Å². The first-order valence-electron chi connectivity index (χ1n) is 4.73. The van der Waals surface area contributed by atoms with E-state index in [4.69, 9.17) is 9.84 Å². The van der Waals surface area contributed by atoms with Gasteiger partial charge in [-0.3, -0.25) is 4.99 Å². The third-order valence-corrected chi connectivity index (χ3v) is 2.90. The van der Waals surface area contributed by atoms with Gasteiger partial charge in [-0.25, -0.2) is 0 Å². The Labute approximate surface area is 78.1 Å². The third-order valence-electron chi connectivity index (χ3n) is 2.90. The minimum Gasteiger partial charge on any atom is -0.496 e. The van der Waals surface area contributed by atoms with Crippen molar-refractivity contribution in [3.8, 4) is 0 Å². The fourth-order valence-electron chi connectivity index (χ4n) is 1.89. The Morgan fingerprint density at radius 1 is 1.69 bits per heavy atom. The van der Waals surface area contributed by atoms with E-state index in [1.807, 2.05) is 0 Å². The highest BCUT2D eigenvalue weighted by atomic mass is 16.5. The summed E-state index contributed by atoms with van der Waals surface area (Å²) < 4.78 is 5.06. The molecular weight excluding hydrogens is 166 g/mol. The van der Waals surface area contributed by atoms with E-state index in [-0.39, 0.29) is 0 Å². The molecule has 0 amide bonds. The molecule has 3 nitrogen and oxygen atoms in total. The maximum Gasteiger partial charge on any atom is 0.132 e. The Balaban J connectivity index is 1.87. The van der Waals surface area contributed by atoms with Gasteiger partial charge < -0.3 is 9.84 Å². The maximum absolute atomic E-state index is 8.91. The monoisotopic (exact) mass is 181 g/mol. The van der Waals surface area contributed by atoms with E-state index in [0.717, 1.165) is 18.6 Å². The number of aliphatic imine (C=N–C) groups is 1. The summed E-state index contributed by atoms with van der Waals surface area (Å²) in [6, 6.07) is 0.385. The molecule has 2 aliphatic rings. The highest BCUT2D eigenvalue weighted by molar-refractivity contribution is 5.77. The van der Waals surface area contributed by atoms with E-state index < -0.39 is 0 Å². The van der Waals surface area contributed by atoms with Gasteiger partial charge in [0.15, 0.2) is 0 Å². The summed E-state index contributed by atoms with van der Waals surface area (Å²) in [5.74, 6) is 1.97. The fraction of sp³-hybridized carbons (Fsp3) is 0.700. The lowest BCUT2D eigenvalue weighted by atomic mass is 10.1. The van der Waals surface area contributed by atoms with Crippen LogP contribution < -0.4 is 0 Å². The molecule has 1 unspecified atom stereocenters. The van der Waals surface area contributed by atoms with Gasteiger partial charge in [-0.05, 0) is 30.8 Å². The van der Waals surface area contributed by atoms with Gasteiger partial charge in [-0.15, -0.1) is 0 Å². The van der Waals surface area contributed by atoms with Crippen LogP contribution in [0.15, 0.2) is 16.8 Å². The van der Waals surface area contributed by atoms with Crippen molar-refractivity contribution in [3.05, 3.63) is 11.8 Å². The quantitative estimate of drug-likeness (QED) is 0.705. The molecule has 0 aromatic rings. The lowest BCUT2D eigenvalue weighted by molar-refractivity contribution is 0.264. The Hall–Kier alpha value is -0.830. The van der Waals surface area contributed by atoms with Crippen LogP contribution in [0.3, 0.4) is 0 Å². The van der Waals surface area contributed by atoms with E-state index in [9.17, 15) is 0 Å². The number of dihydropyridines is 1. The van der Waals surface area contributed by atoms with Gasteiger partial charge in [0.25, 0.3) is 0 Å². The smallest absolute Gasteiger partial charge is 0.132 e. The molecule has 3 heteroatoms.